The van der Waals surface area contributed by atoms with E-state index in [1.54, 1.807) is 0 Å². The second kappa shape index (κ2) is 19.5. The van der Waals surface area contributed by atoms with Crippen LogP contribution in [0.4, 0.5) is 0 Å². The Morgan fingerprint density at radius 2 is 1.16 bits per heavy atom. The summed E-state index contributed by atoms with van der Waals surface area (Å²) in [4.78, 5) is 108. The minimum Gasteiger partial charge on any atom is -0.463 e. The number of rotatable bonds is 21. The predicted molar refractivity (Wildman–Crippen MR) is 208 cm³/mol. The van der Waals surface area contributed by atoms with Crippen LogP contribution < -0.4 is 0 Å². The number of nitrogens with zero attached hydrogens (tertiary/aromatic N) is 2. The molecule has 2 atom stereocenters. The number of imide groups is 2. The van der Waals surface area contributed by atoms with E-state index < -0.39 is 85.7 Å². The SMILES string of the molecule is C=C(C)C(=O)OCC(COC(=O)C(=C)C)OC(=O)CCC(=O)OCC(CC(C)C)N1C(=O)c2ccc3c4c(ccc(c24)C1=O)C(=O)N(CC(CC)CCCC)C3=O. The summed E-state index contributed by atoms with van der Waals surface area (Å²) in [6.45, 7) is 16.7. The minimum atomic E-state index is -1.18. The fourth-order valence-electron chi connectivity index (χ4n) is 6.82. The monoisotopic (exact) mass is 788 g/mol. The zero-order valence-electron chi connectivity index (χ0n) is 33.6. The Morgan fingerprint density at radius 1 is 0.684 bits per heavy atom. The lowest BCUT2D eigenvalue weighted by Gasteiger charge is -2.36. The molecule has 306 valence electrons. The quantitative estimate of drug-likeness (QED) is 0.0612. The van der Waals surface area contributed by atoms with Crippen molar-refractivity contribution in [1.29, 1.82) is 0 Å². The van der Waals surface area contributed by atoms with Crippen LogP contribution in [-0.2, 0) is 38.1 Å². The van der Waals surface area contributed by atoms with Crippen LogP contribution in [-0.4, -0.2) is 95.8 Å². The fourth-order valence-corrected chi connectivity index (χ4v) is 6.82. The van der Waals surface area contributed by atoms with Gasteiger partial charge >= 0.3 is 23.9 Å². The maximum Gasteiger partial charge on any atom is 0.333 e. The summed E-state index contributed by atoms with van der Waals surface area (Å²) in [5.41, 5.74) is 1.01. The molecule has 0 aliphatic carbocycles. The second-order valence-corrected chi connectivity index (χ2v) is 15.0. The molecule has 2 aromatic carbocycles. The van der Waals surface area contributed by atoms with Gasteiger partial charge in [-0.25, -0.2) is 9.59 Å². The summed E-state index contributed by atoms with van der Waals surface area (Å²) < 4.78 is 20.9. The van der Waals surface area contributed by atoms with Gasteiger partial charge in [0.05, 0.1) is 18.9 Å². The molecule has 0 saturated carbocycles. The molecule has 2 unspecified atom stereocenters. The molecular formula is C43H52N2O12. The van der Waals surface area contributed by atoms with Crippen LogP contribution in [0, 0.1) is 11.8 Å². The number of amides is 4. The maximum absolute atomic E-state index is 14.2. The van der Waals surface area contributed by atoms with Crippen molar-refractivity contribution in [2.75, 3.05) is 26.4 Å². The van der Waals surface area contributed by atoms with Crippen LogP contribution >= 0.6 is 0 Å². The molecule has 57 heavy (non-hydrogen) atoms. The van der Waals surface area contributed by atoms with Crippen LogP contribution in [0.3, 0.4) is 0 Å². The number of ether oxygens (including phenoxy) is 4. The number of hydrogen-bond donors (Lipinski definition) is 0. The van der Waals surface area contributed by atoms with Gasteiger partial charge in [-0.1, -0.05) is 60.1 Å². The number of esters is 4. The van der Waals surface area contributed by atoms with Crippen LogP contribution in [0.5, 0.6) is 0 Å². The van der Waals surface area contributed by atoms with Crippen molar-refractivity contribution in [3.63, 3.8) is 0 Å². The first kappa shape index (κ1) is 44.1. The third-order valence-electron chi connectivity index (χ3n) is 9.87. The van der Waals surface area contributed by atoms with Crippen molar-refractivity contribution in [2.45, 2.75) is 98.6 Å². The van der Waals surface area contributed by atoms with Crippen molar-refractivity contribution in [1.82, 2.24) is 9.80 Å². The molecular weight excluding hydrogens is 736 g/mol. The summed E-state index contributed by atoms with van der Waals surface area (Å²) in [5, 5.41) is 0.527. The Hall–Kier alpha value is -5.66. The van der Waals surface area contributed by atoms with Gasteiger partial charge < -0.3 is 18.9 Å². The third-order valence-corrected chi connectivity index (χ3v) is 9.87. The fraction of sp³-hybridized carbons (Fsp3) is 0.488. The molecule has 4 rings (SSSR count). The lowest BCUT2D eigenvalue weighted by Crippen LogP contribution is -2.50. The third kappa shape index (κ3) is 10.4. The second-order valence-electron chi connectivity index (χ2n) is 15.0. The largest absolute Gasteiger partial charge is 0.463 e. The first-order valence-corrected chi connectivity index (χ1v) is 19.3. The lowest BCUT2D eigenvalue weighted by molar-refractivity contribution is -0.165. The molecule has 14 heteroatoms. The first-order chi connectivity index (χ1) is 27.0. The van der Waals surface area contributed by atoms with Gasteiger partial charge in [0.25, 0.3) is 23.6 Å². The summed E-state index contributed by atoms with van der Waals surface area (Å²) in [7, 11) is 0. The van der Waals surface area contributed by atoms with Gasteiger partial charge in [0.1, 0.15) is 19.8 Å². The highest BCUT2D eigenvalue weighted by molar-refractivity contribution is 6.33. The topological polar surface area (TPSA) is 180 Å². The molecule has 2 aliphatic rings. The highest BCUT2D eigenvalue weighted by atomic mass is 16.6. The standard InChI is InChI=1S/C43H52N2O12/c1-9-11-12-27(10-2)20-44-38(48)30-13-15-32-37-33(16-14-31(36(30)37)39(44)49)41(51)45(40(32)50)28(19-24(3)4)21-54-34(46)17-18-35(47)57-29(22-55-42(52)25(5)6)23-56-43(53)26(7)8/h13-16,24,27-29H,5,7,9-12,17-23H2,1-4,6,8H3. The van der Waals surface area contributed by atoms with E-state index in [0.717, 1.165) is 30.6 Å². The molecule has 14 nitrogen and oxygen atoms in total. The Kier molecular flexibility index (Phi) is 15.0. The molecule has 4 amide bonds. The molecule has 2 heterocycles. The molecule has 0 fully saturated rings. The van der Waals surface area contributed by atoms with Crippen LogP contribution in [0.2, 0.25) is 0 Å². The van der Waals surface area contributed by atoms with Crippen LogP contribution in [0.1, 0.15) is 128 Å². The number of carbonyl (C=O) groups is 8. The van der Waals surface area contributed by atoms with Gasteiger partial charge in [0, 0.05) is 50.7 Å². The van der Waals surface area contributed by atoms with Gasteiger partial charge in [0.15, 0.2) is 6.10 Å². The highest BCUT2D eigenvalue weighted by Gasteiger charge is 2.42. The minimum absolute atomic E-state index is 0.0403. The molecule has 0 radical (unpaired) electrons. The number of unbranched alkanes of at least 4 members (excludes halogenated alkanes) is 1. The van der Waals surface area contributed by atoms with Gasteiger partial charge in [-0.2, -0.15) is 0 Å². The van der Waals surface area contributed by atoms with E-state index in [-0.39, 0.29) is 75.6 Å². The molecule has 0 saturated heterocycles. The average molecular weight is 789 g/mol. The smallest absolute Gasteiger partial charge is 0.333 e. The summed E-state index contributed by atoms with van der Waals surface area (Å²) in [6, 6.07) is 5.18. The zero-order valence-corrected chi connectivity index (χ0v) is 33.6. The lowest BCUT2D eigenvalue weighted by atomic mass is 9.84. The molecule has 0 aromatic heterocycles. The molecule has 0 bridgehead atoms. The van der Waals surface area contributed by atoms with Gasteiger partial charge in [-0.05, 0) is 62.8 Å². The van der Waals surface area contributed by atoms with Crippen LogP contribution in [0.25, 0.3) is 10.8 Å². The van der Waals surface area contributed by atoms with Crippen molar-refractivity contribution < 1.29 is 57.3 Å². The van der Waals surface area contributed by atoms with Gasteiger partial charge in [0.2, 0.25) is 0 Å². The first-order valence-electron chi connectivity index (χ1n) is 19.3. The van der Waals surface area contributed by atoms with E-state index in [4.69, 9.17) is 18.9 Å². The Balaban J connectivity index is 1.47. The van der Waals surface area contributed by atoms with E-state index in [1.165, 1.54) is 43.0 Å². The van der Waals surface area contributed by atoms with Gasteiger partial charge in [-0.3, -0.25) is 38.6 Å². The highest BCUT2D eigenvalue weighted by Crippen LogP contribution is 2.39. The number of benzene rings is 2. The average Bonchev–Trinajstić information content (AvgIpc) is 3.17. The molecule has 0 spiro atoms. The maximum atomic E-state index is 14.2. The van der Waals surface area contributed by atoms with Crippen molar-refractivity contribution in [2.24, 2.45) is 11.8 Å². The predicted octanol–water partition coefficient (Wildman–Crippen LogP) is 6.14. The molecule has 2 aromatic rings. The van der Waals surface area contributed by atoms with Gasteiger partial charge in [-0.15, -0.1) is 0 Å². The van der Waals surface area contributed by atoms with E-state index in [1.807, 2.05) is 20.8 Å². The number of hydrogen-bond acceptors (Lipinski definition) is 12. The zero-order chi connectivity index (χ0) is 42.1. The van der Waals surface area contributed by atoms with E-state index in [0.29, 0.717) is 0 Å². The van der Waals surface area contributed by atoms with Crippen LogP contribution in [0.15, 0.2) is 48.6 Å². The Labute approximate surface area is 332 Å². The van der Waals surface area contributed by atoms with Crippen molar-refractivity contribution >= 4 is 58.3 Å². The van der Waals surface area contributed by atoms with E-state index in [9.17, 15) is 38.4 Å². The van der Waals surface area contributed by atoms with Crippen molar-refractivity contribution in [3.05, 3.63) is 70.8 Å². The summed E-state index contributed by atoms with van der Waals surface area (Å²) >= 11 is 0. The summed E-state index contributed by atoms with van der Waals surface area (Å²) in [5.74, 6) is -5.29. The molecule has 2 aliphatic heterocycles. The van der Waals surface area contributed by atoms with E-state index >= 15 is 0 Å². The Morgan fingerprint density at radius 3 is 1.60 bits per heavy atom. The normalized spacial score (nSPS) is 14.5. The molecule has 0 N–H and O–H groups in total. The number of carbonyl (C=O) groups excluding carboxylic acids is 8. The van der Waals surface area contributed by atoms with Crippen molar-refractivity contribution in [3.8, 4) is 0 Å². The van der Waals surface area contributed by atoms with E-state index in [2.05, 4.69) is 20.1 Å². The summed E-state index contributed by atoms with van der Waals surface area (Å²) in [6.07, 6.45) is 1.90. The Bertz CT molecular complexity index is 1880.